The van der Waals surface area contributed by atoms with Crippen LogP contribution < -0.4 is 4.90 Å². The molecule has 4 rings (SSSR count). The van der Waals surface area contributed by atoms with Crippen LogP contribution in [-0.4, -0.2) is 6.54 Å². The van der Waals surface area contributed by atoms with E-state index in [1.165, 1.54) is 22.4 Å². The summed E-state index contributed by atoms with van der Waals surface area (Å²) in [6.07, 6.45) is 1.90. The zero-order valence-electron chi connectivity index (χ0n) is 15.0. The van der Waals surface area contributed by atoms with E-state index in [1.807, 2.05) is 18.2 Å². The van der Waals surface area contributed by atoms with Crippen molar-refractivity contribution in [3.63, 3.8) is 0 Å². The van der Waals surface area contributed by atoms with Crippen LogP contribution in [0.1, 0.15) is 33.9 Å². The zero-order valence-corrected chi connectivity index (χ0v) is 15.0. The second kappa shape index (κ2) is 7.06. The molecule has 0 fully saturated rings. The molecule has 0 N–H and O–H groups in total. The van der Waals surface area contributed by atoms with Crippen LogP contribution in [0.25, 0.3) is 0 Å². The van der Waals surface area contributed by atoms with Crippen molar-refractivity contribution in [2.45, 2.75) is 25.8 Å². The van der Waals surface area contributed by atoms with Crippen molar-refractivity contribution in [3.8, 4) is 6.07 Å². The zero-order chi connectivity index (χ0) is 17.9. The first kappa shape index (κ1) is 16.4. The summed E-state index contributed by atoms with van der Waals surface area (Å²) in [5, 5.41) is 9.49. The van der Waals surface area contributed by atoms with E-state index in [0.29, 0.717) is 0 Å². The van der Waals surface area contributed by atoms with E-state index in [-0.39, 0.29) is 6.04 Å². The molecule has 128 valence electrons. The highest BCUT2D eigenvalue weighted by Gasteiger charge is 2.28. The maximum absolute atomic E-state index is 9.49. The first-order valence-corrected chi connectivity index (χ1v) is 9.15. The smallest absolute Gasteiger partial charge is 0.0994 e. The van der Waals surface area contributed by atoms with Gasteiger partial charge in [-0.1, -0.05) is 60.2 Å². The van der Waals surface area contributed by atoms with Gasteiger partial charge in [-0.25, -0.2) is 0 Å². The third-order valence-corrected chi connectivity index (χ3v) is 5.33. The molecule has 0 bridgehead atoms. The predicted octanol–water partition coefficient (Wildman–Crippen LogP) is 5.21. The van der Waals surface area contributed by atoms with Crippen molar-refractivity contribution in [1.29, 1.82) is 5.26 Å². The monoisotopic (exact) mass is 338 g/mol. The molecule has 3 aromatic rings. The SMILES string of the molecule is Cc1ccc(N2CCc3ccccc3C2Cc2ccccc2C#N)cc1. The lowest BCUT2D eigenvalue weighted by Crippen LogP contribution is -2.36. The highest BCUT2D eigenvalue weighted by atomic mass is 15.2. The lowest BCUT2D eigenvalue weighted by atomic mass is 9.87. The van der Waals surface area contributed by atoms with Crippen molar-refractivity contribution in [2.75, 3.05) is 11.4 Å². The number of fused-ring (bicyclic) bond motifs is 1. The number of nitrogens with zero attached hydrogens (tertiary/aromatic N) is 2. The first-order valence-electron chi connectivity index (χ1n) is 9.15. The van der Waals surface area contributed by atoms with Crippen molar-refractivity contribution in [2.24, 2.45) is 0 Å². The van der Waals surface area contributed by atoms with Gasteiger partial charge in [-0.15, -0.1) is 0 Å². The fourth-order valence-corrected chi connectivity index (χ4v) is 3.93. The molecule has 2 heteroatoms. The van der Waals surface area contributed by atoms with E-state index >= 15 is 0 Å². The number of benzene rings is 3. The van der Waals surface area contributed by atoms with Gasteiger partial charge in [0.1, 0.15) is 0 Å². The minimum atomic E-state index is 0.247. The molecule has 0 radical (unpaired) electrons. The van der Waals surface area contributed by atoms with Gasteiger partial charge in [-0.05, 0) is 54.7 Å². The van der Waals surface area contributed by atoms with Crippen molar-refractivity contribution < 1.29 is 0 Å². The summed E-state index contributed by atoms with van der Waals surface area (Å²) in [5.74, 6) is 0. The molecule has 26 heavy (non-hydrogen) atoms. The van der Waals surface area contributed by atoms with Crippen molar-refractivity contribution >= 4 is 5.69 Å². The summed E-state index contributed by atoms with van der Waals surface area (Å²) in [6, 6.07) is 28.1. The first-order chi connectivity index (χ1) is 12.8. The van der Waals surface area contributed by atoms with Gasteiger partial charge in [0.2, 0.25) is 0 Å². The lowest BCUT2D eigenvalue weighted by molar-refractivity contribution is 0.579. The van der Waals surface area contributed by atoms with Crippen LogP contribution in [0.5, 0.6) is 0 Å². The van der Waals surface area contributed by atoms with E-state index in [9.17, 15) is 5.26 Å². The number of hydrogen-bond acceptors (Lipinski definition) is 2. The van der Waals surface area contributed by atoms with Gasteiger partial charge in [0, 0.05) is 12.2 Å². The van der Waals surface area contributed by atoms with Crippen LogP contribution in [0.4, 0.5) is 5.69 Å². The van der Waals surface area contributed by atoms with Gasteiger partial charge in [-0.2, -0.15) is 5.26 Å². The molecular weight excluding hydrogens is 316 g/mol. The average molecular weight is 338 g/mol. The number of anilines is 1. The number of rotatable bonds is 3. The van der Waals surface area contributed by atoms with Gasteiger partial charge < -0.3 is 4.90 Å². The molecule has 1 heterocycles. The fraction of sp³-hybridized carbons (Fsp3) is 0.208. The van der Waals surface area contributed by atoms with E-state index < -0.39 is 0 Å². The molecule has 0 aromatic heterocycles. The Hall–Kier alpha value is -3.05. The van der Waals surface area contributed by atoms with Crippen LogP contribution in [0.3, 0.4) is 0 Å². The molecule has 1 aliphatic rings. The Bertz CT molecular complexity index is 950. The molecule has 1 unspecified atom stereocenters. The minimum Gasteiger partial charge on any atom is -0.364 e. The largest absolute Gasteiger partial charge is 0.364 e. The highest BCUT2D eigenvalue weighted by Crippen LogP contribution is 2.36. The molecule has 0 spiro atoms. The van der Waals surface area contributed by atoms with Crippen LogP contribution >= 0.6 is 0 Å². The molecular formula is C24H22N2. The van der Waals surface area contributed by atoms with Crippen LogP contribution in [-0.2, 0) is 12.8 Å². The summed E-state index contributed by atoms with van der Waals surface area (Å²) in [6.45, 7) is 3.12. The van der Waals surface area contributed by atoms with Crippen LogP contribution in [0, 0.1) is 18.3 Å². The second-order valence-electron chi connectivity index (χ2n) is 6.97. The maximum atomic E-state index is 9.49. The molecule has 0 saturated carbocycles. The molecule has 3 aromatic carbocycles. The minimum absolute atomic E-state index is 0.247. The highest BCUT2D eigenvalue weighted by molar-refractivity contribution is 5.54. The molecule has 0 saturated heterocycles. The van der Waals surface area contributed by atoms with E-state index in [1.54, 1.807) is 0 Å². The van der Waals surface area contributed by atoms with Gasteiger partial charge >= 0.3 is 0 Å². The molecule has 0 amide bonds. The number of nitriles is 1. The van der Waals surface area contributed by atoms with Crippen molar-refractivity contribution in [1.82, 2.24) is 0 Å². The quantitative estimate of drug-likeness (QED) is 0.655. The topological polar surface area (TPSA) is 27.0 Å². The van der Waals surface area contributed by atoms with Crippen LogP contribution in [0.15, 0.2) is 72.8 Å². The Morgan fingerprint density at radius 2 is 1.69 bits per heavy atom. The molecule has 0 aliphatic carbocycles. The summed E-state index contributed by atoms with van der Waals surface area (Å²) >= 11 is 0. The van der Waals surface area contributed by atoms with Gasteiger partial charge in [0.15, 0.2) is 0 Å². The van der Waals surface area contributed by atoms with E-state index in [2.05, 4.69) is 72.5 Å². The van der Waals surface area contributed by atoms with Gasteiger partial charge in [0.05, 0.1) is 17.7 Å². The van der Waals surface area contributed by atoms with Crippen LogP contribution in [0.2, 0.25) is 0 Å². The predicted molar refractivity (Wildman–Crippen MR) is 106 cm³/mol. The molecule has 2 nitrogen and oxygen atoms in total. The Morgan fingerprint density at radius 1 is 0.962 bits per heavy atom. The average Bonchev–Trinajstić information content (AvgIpc) is 2.69. The van der Waals surface area contributed by atoms with E-state index in [0.717, 1.165) is 30.5 Å². The Kier molecular flexibility index (Phi) is 4.46. The second-order valence-corrected chi connectivity index (χ2v) is 6.97. The van der Waals surface area contributed by atoms with Crippen molar-refractivity contribution in [3.05, 3.63) is 101 Å². The lowest BCUT2D eigenvalue weighted by Gasteiger charge is -2.39. The third kappa shape index (κ3) is 3.09. The fourth-order valence-electron chi connectivity index (χ4n) is 3.93. The standard InChI is InChI=1S/C24H22N2/c1-18-10-12-22(13-11-18)26-15-14-19-6-4-5-9-23(19)24(26)16-20-7-2-3-8-21(20)17-25/h2-13,24H,14-16H2,1H3. The number of aryl methyl sites for hydroxylation is 1. The van der Waals surface area contributed by atoms with E-state index in [4.69, 9.17) is 0 Å². The molecule has 1 atom stereocenters. The summed E-state index contributed by atoms with van der Waals surface area (Å²) in [7, 11) is 0. The maximum Gasteiger partial charge on any atom is 0.0994 e. The van der Waals surface area contributed by atoms with Gasteiger partial charge in [-0.3, -0.25) is 0 Å². The van der Waals surface area contributed by atoms with Gasteiger partial charge in [0.25, 0.3) is 0 Å². The molecule has 1 aliphatic heterocycles. The Morgan fingerprint density at radius 3 is 2.50 bits per heavy atom. The number of hydrogen-bond donors (Lipinski definition) is 0. The summed E-state index contributed by atoms with van der Waals surface area (Å²) < 4.78 is 0. The normalized spacial score (nSPS) is 16.0. The Balaban J connectivity index is 1.77. The third-order valence-electron chi connectivity index (χ3n) is 5.33. The summed E-state index contributed by atoms with van der Waals surface area (Å²) in [4.78, 5) is 2.50. The summed E-state index contributed by atoms with van der Waals surface area (Å²) in [5.41, 5.74) is 7.23. The Labute approximate surface area is 155 Å².